The lowest BCUT2D eigenvalue weighted by Gasteiger charge is -2.31. The molecule has 0 radical (unpaired) electrons. The average molecular weight is 1260 g/mol. The zero-order valence-electron chi connectivity index (χ0n) is 69.6. The second kappa shape index (κ2) is 55.0. The van der Waals surface area contributed by atoms with Crippen molar-refractivity contribution in [1.29, 1.82) is 0 Å². The smallest absolute Gasteiger partial charge is 0.0323 e. The molecule has 7 unspecified atom stereocenters. The van der Waals surface area contributed by atoms with Gasteiger partial charge in [-0.05, 0) is 154 Å². The number of hydrogen-bond donors (Lipinski definition) is 0. The molecular weight excluding hydrogens is 1070 g/mol. The van der Waals surface area contributed by atoms with E-state index < -0.39 is 0 Å². The van der Waals surface area contributed by atoms with E-state index in [4.69, 9.17) is 0 Å². The van der Waals surface area contributed by atoms with Crippen LogP contribution >= 0.6 is 0 Å². The van der Waals surface area contributed by atoms with Crippen molar-refractivity contribution in [2.24, 2.45) is 122 Å². The molecule has 89 heavy (non-hydrogen) atoms. The Balaban J connectivity index is -0.000000441. The highest BCUT2D eigenvalue weighted by molar-refractivity contribution is 4.93. The van der Waals surface area contributed by atoms with E-state index in [1.807, 2.05) is 0 Å². The third kappa shape index (κ3) is 56.8. The van der Waals surface area contributed by atoms with Gasteiger partial charge in [-0.1, -0.05) is 421 Å². The maximum Gasteiger partial charge on any atom is -0.0323 e. The summed E-state index contributed by atoms with van der Waals surface area (Å²) in [6.07, 6.45) is 50.5. The van der Waals surface area contributed by atoms with Crippen LogP contribution in [0.2, 0.25) is 0 Å². The Morgan fingerprint density at radius 2 is 0.730 bits per heavy atom. The van der Waals surface area contributed by atoms with Crippen LogP contribution in [-0.4, -0.2) is 0 Å². The van der Waals surface area contributed by atoms with Crippen LogP contribution < -0.4 is 0 Å². The highest BCUT2D eigenvalue weighted by Gasteiger charge is 2.43. The van der Waals surface area contributed by atoms with Crippen molar-refractivity contribution >= 4 is 0 Å². The Hall–Kier alpha value is 0. The van der Waals surface area contributed by atoms with E-state index in [9.17, 15) is 0 Å². The minimum Gasteiger partial charge on any atom is -0.0654 e. The van der Waals surface area contributed by atoms with Gasteiger partial charge in [-0.15, -0.1) is 0 Å². The molecule has 0 aromatic carbocycles. The molecule has 7 atom stereocenters. The Bertz CT molecular complexity index is 1360. The van der Waals surface area contributed by atoms with Gasteiger partial charge in [-0.25, -0.2) is 0 Å². The topological polar surface area (TPSA) is 0 Å². The van der Waals surface area contributed by atoms with Gasteiger partial charge in [0.05, 0.1) is 0 Å². The lowest BCUT2D eigenvalue weighted by atomic mass is 9.74. The normalized spacial score (nSPS) is 27.6. The van der Waals surface area contributed by atoms with Gasteiger partial charge in [0.2, 0.25) is 0 Å². The zero-order valence-corrected chi connectivity index (χ0v) is 69.6. The fourth-order valence-corrected chi connectivity index (χ4v) is 13.5. The molecule has 0 heterocycles. The average Bonchev–Trinajstić information content (AvgIpc) is 3.60. The van der Waals surface area contributed by atoms with Crippen molar-refractivity contribution in [3.8, 4) is 0 Å². The lowest BCUT2D eigenvalue weighted by Crippen LogP contribution is -2.24. The summed E-state index contributed by atoms with van der Waals surface area (Å²) in [5.41, 5.74) is 2.37. The first-order chi connectivity index (χ1) is 41.3. The Morgan fingerprint density at radius 3 is 0.809 bits per heavy atom. The van der Waals surface area contributed by atoms with E-state index in [0.29, 0.717) is 21.7 Å². The highest BCUT2D eigenvalue weighted by Crippen LogP contribution is 2.53. The minimum absolute atomic E-state index is 0.542. The molecule has 9 fully saturated rings. The first-order valence-electron chi connectivity index (χ1n) is 41.3. The molecule has 0 saturated heterocycles. The fraction of sp³-hybridized carbons (Fsp3) is 1.00. The van der Waals surface area contributed by atoms with Crippen molar-refractivity contribution in [3.05, 3.63) is 0 Å². The van der Waals surface area contributed by atoms with E-state index in [1.165, 1.54) is 225 Å². The van der Waals surface area contributed by atoms with Crippen LogP contribution in [0, 0.1) is 122 Å². The number of rotatable bonds is 11. The molecule has 0 N–H and O–H groups in total. The quantitative estimate of drug-likeness (QED) is 0.193. The van der Waals surface area contributed by atoms with E-state index >= 15 is 0 Å². The number of hydrogen-bond acceptors (Lipinski definition) is 0. The summed E-state index contributed by atoms with van der Waals surface area (Å²) in [6.45, 7) is 76.3. The molecule has 542 valence electrons. The predicted molar refractivity (Wildman–Crippen MR) is 418 cm³/mol. The molecule has 0 spiro atoms. The molecule has 0 amide bonds. The van der Waals surface area contributed by atoms with Gasteiger partial charge in [-0.2, -0.15) is 0 Å². The third-order valence-electron chi connectivity index (χ3n) is 24.7. The van der Waals surface area contributed by atoms with E-state index in [0.717, 1.165) is 101 Å². The summed E-state index contributed by atoms with van der Waals surface area (Å²) in [4.78, 5) is 0. The van der Waals surface area contributed by atoms with Crippen LogP contribution in [0.15, 0.2) is 0 Å². The Kier molecular flexibility index (Phi) is 59.0. The highest BCUT2D eigenvalue weighted by atomic mass is 14.5. The molecule has 0 nitrogen and oxygen atoms in total. The SMILES string of the molecule is CC1C(C)(C)CCC1(C)C.CC1CC(C)C(C)C1.CC1CCC(C)C1C.CC1CCCC1.CC1CCCC1(C)C.CC1CCCC1C.CCC(C)(C)C.CCC(C)CC.CCC1CCC1.CCCC(C)C.CCCC(C)C.CCCC1CC1.CCCC1CC1. The Labute approximate surface area is 572 Å². The van der Waals surface area contributed by atoms with Gasteiger partial charge < -0.3 is 0 Å². The van der Waals surface area contributed by atoms with Crippen molar-refractivity contribution in [3.63, 3.8) is 0 Å². The molecule has 9 aliphatic carbocycles. The standard InChI is InChI=1S/C10H20.3C8H16.C7H14.4C6H12.4C6H14/c1-8-9(2,3)6-7-10(8,4)5;1-6-4-7(2)8(3)5-6;1-7-5-4-6-8(7,2)3;1-6-4-5-7(2)8(6)3;1-6-4-3-5-7(6)2;1-6-4-2-3-5-6;1-2-6-4-3-5-6;2*1-2-3-6-4-5-6;1-5-6(2,3)4;2*1-4-5-6(2)3;1-4-6(3)5-2/h8H,6-7H2,1-5H3;6-8H,4-5H2,1-3H3;7H,4-6H2,1-3H3;6-8H,4-5H2,1-3H3;6-7H,3-5H2,1-2H3;4*6H,2-5H2,1H3;5H2,1-4H3;3*6H,4-5H2,1-3H3. The Morgan fingerprint density at radius 1 is 0.360 bits per heavy atom. The van der Waals surface area contributed by atoms with Crippen molar-refractivity contribution < 1.29 is 0 Å². The summed E-state index contributed by atoms with van der Waals surface area (Å²) in [6, 6.07) is 0. The largest absolute Gasteiger partial charge is 0.0654 e. The van der Waals surface area contributed by atoms with Gasteiger partial charge in [0, 0.05) is 0 Å². The van der Waals surface area contributed by atoms with Crippen LogP contribution in [0.4, 0.5) is 0 Å². The van der Waals surface area contributed by atoms with Crippen LogP contribution in [0.25, 0.3) is 0 Å². The molecule has 0 aliphatic heterocycles. The summed E-state index contributed by atoms with van der Waals surface area (Å²) < 4.78 is 0. The molecule has 9 aliphatic rings. The molecule has 9 saturated carbocycles. The van der Waals surface area contributed by atoms with Crippen LogP contribution in [0.3, 0.4) is 0 Å². The van der Waals surface area contributed by atoms with Gasteiger partial charge >= 0.3 is 0 Å². The molecule has 0 aromatic heterocycles. The molecule has 0 bridgehead atoms. The zero-order chi connectivity index (χ0) is 69.6. The second-order valence-corrected chi connectivity index (χ2v) is 37.0. The predicted octanol–water partition coefficient (Wildman–Crippen LogP) is 32.7. The fourth-order valence-electron chi connectivity index (χ4n) is 13.5. The van der Waals surface area contributed by atoms with Crippen LogP contribution in [-0.2, 0) is 0 Å². The molecule has 0 aromatic rings. The van der Waals surface area contributed by atoms with Crippen molar-refractivity contribution in [2.45, 2.75) is 453 Å². The summed E-state index contributed by atoms with van der Waals surface area (Å²) in [5, 5.41) is 0. The second-order valence-electron chi connectivity index (χ2n) is 37.0. The van der Waals surface area contributed by atoms with Crippen molar-refractivity contribution in [1.82, 2.24) is 0 Å². The van der Waals surface area contributed by atoms with Gasteiger partial charge in [0.1, 0.15) is 0 Å². The lowest BCUT2D eigenvalue weighted by molar-refractivity contribution is 0.179. The maximum absolute atomic E-state index is 2.40. The molecule has 9 rings (SSSR count). The summed E-state index contributed by atoms with van der Waals surface area (Å²) >= 11 is 0. The third-order valence-corrected chi connectivity index (χ3v) is 24.7. The van der Waals surface area contributed by atoms with Gasteiger partial charge in [-0.3, -0.25) is 0 Å². The van der Waals surface area contributed by atoms with E-state index in [1.54, 1.807) is 0 Å². The van der Waals surface area contributed by atoms with Crippen LogP contribution in [0.5, 0.6) is 0 Å². The van der Waals surface area contributed by atoms with E-state index in [2.05, 4.69) is 228 Å². The van der Waals surface area contributed by atoms with E-state index in [-0.39, 0.29) is 0 Å². The minimum atomic E-state index is 0.542. The maximum atomic E-state index is 2.40. The monoisotopic (exact) mass is 1260 g/mol. The van der Waals surface area contributed by atoms with Gasteiger partial charge in [0.25, 0.3) is 0 Å². The summed E-state index contributed by atoms with van der Waals surface area (Å²) in [5.74, 6) is 17.0. The first-order valence-corrected chi connectivity index (χ1v) is 41.3. The van der Waals surface area contributed by atoms with Crippen molar-refractivity contribution in [2.75, 3.05) is 0 Å². The first kappa shape index (κ1) is 95.4. The van der Waals surface area contributed by atoms with Crippen LogP contribution in [0.1, 0.15) is 453 Å². The summed E-state index contributed by atoms with van der Waals surface area (Å²) in [7, 11) is 0. The van der Waals surface area contributed by atoms with Gasteiger partial charge in [0.15, 0.2) is 0 Å². The molecular formula is C89H186. The molecule has 0 heteroatoms.